The molecule has 146 valence electrons. The lowest BCUT2D eigenvalue weighted by molar-refractivity contribution is -0.132. The van der Waals surface area contributed by atoms with E-state index in [2.05, 4.69) is 10.4 Å². The summed E-state index contributed by atoms with van der Waals surface area (Å²) in [5, 5.41) is 9.20. The number of nitrogens with zero attached hydrogens (tertiary/aromatic N) is 3. The monoisotopic (exact) mass is 398 g/mol. The zero-order chi connectivity index (χ0) is 20.1. The lowest BCUT2D eigenvalue weighted by Gasteiger charge is -2.15. The SMILES string of the molecule is CN(C)c1ccc(NC(=O)CCC(=O)N2CCC(c3ccccc3)=N2)cc1Cl. The predicted octanol–water partition coefficient (Wildman–Crippen LogP) is 3.76. The second-order valence-corrected chi connectivity index (χ2v) is 7.20. The summed E-state index contributed by atoms with van der Waals surface area (Å²) in [5.41, 5.74) is 3.40. The van der Waals surface area contributed by atoms with Crippen LogP contribution in [0.15, 0.2) is 53.6 Å². The molecule has 1 heterocycles. The van der Waals surface area contributed by atoms with E-state index in [1.165, 1.54) is 5.01 Å². The molecule has 0 fully saturated rings. The predicted molar refractivity (Wildman–Crippen MR) is 113 cm³/mol. The van der Waals surface area contributed by atoms with Gasteiger partial charge in [0.25, 0.3) is 0 Å². The summed E-state index contributed by atoms with van der Waals surface area (Å²) in [6.07, 6.45) is 0.929. The molecule has 7 heteroatoms. The first-order valence-electron chi connectivity index (χ1n) is 9.14. The van der Waals surface area contributed by atoms with Crippen molar-refractivity contribution in [2.24, 2.45) is 5.10 Å². The smallest absolute Gasteiger partial charge is 0.243 e. The molecule has 0 unspecified atom stereocenters. The van der Waals surface area contributed by atoms with Crippen LogP contribution in [0.1, 0.15) is 24.8 Å². The van der Waals surface area contributed by atoms with Gasteiger partial charge in [0.05, 0.1) is 23.0 Å². The van der Waals surface area contributed by atoms with Crippen molar-refractivity contribution < 1.29 is 9.59 Å². The molecule has 0 saturated heterocycles. The molecule has 0 radical (unpaired) electrons. The van der Waals surface area contributed by atoms with Gasteiger partial charge in [0.2, 0.25) is 11.8 Å². The summed E-state index contributed by atoms with van der Waals surface area (Å²) < 4.78 is 0. The van der Waals surface area contributed by atoms with Gasteiger partial charge in [-0.3, -0.25) is 9.59 Å². The molecule has 2 amide bonds. The van der Waals surface area contributed by atoms with Crippen LogP contribution in [-0.2, 0) is 9.59 Å². The largest absolute Gasteiger partial charge is 0.376 e. The Balaban J connectivity index is 1.51. The zero-order valence-electron chi connectivity index (χ0n) is 16.0. The van der Waals surface area contributed by atoms with Crippen LogP contribution in [0.2, 0.25) is 5.02 Å². The molecule has 0 spiro atoms. The Morgan fingerprint density at radius 1 is 1.14 bits per heavy atom. The Hall–Kier alpha value is -2.86. The number of hydrogen-bond donors (Lipinski definition) is 1. The van der Waals surface area contributed by atoms with E-state index in [0.717, 1.165) is 23.4 Å². The fraction of sp³-hybridized carbons (Fsp3) is 0.286. The van der Waals surface area contributed by atoms with Crippen LogP contribution in [0, 0.1) is 0 Å². The molecule has 1 aliphatic rings. The summed E-state index contributed by atoms with van der Waals surface area (Å²) >= 11 is 6.22. The molecular formula is C21H23ClN4O2. The Morgan fingerprint density at radius 2 is 1.89 bits per heavy atom. The van der Waals surface area contributed by atoms with E-state index in [4.69, 9.17) is 11.6 Å². The molecule has 6 nitrogen and oxygen atoms in total. The molecule has 1 N–H and O–H groups in total. The first-order chi connectivity index (χ1) is 13.4. The number of carbonyl (C=O) groups excluding carboxylic acids is 2. The van der Waals surface area contributed by atoms with Gasteiger partial charge >= 0.3 is 0 Å². The zero-order valence-corrected chi connectivity index (χ0v) is 16.7. The quantitative estimate of drug-likeness (QED) is 0.805. The van der Waals surface area contributed by atoms with Crippen LogP contribution in [0.25, 0.3) is 0 Å². The van der Waals surface area contributed by atoms with Crippen molar-refractivity contribution in [3.63, 3.8) is 0 Å². The van der Waals surface area contributed by atoms with Crippen molar-refractivity contribution in [3.8, 4) is 0 Å². The third-order valence-corrected chi connectivity index (χ3v) is 4.78. The van der Waals surface area contributed by atoms with Gasteiger partial charge in [-0.05, 0) is 23.8 Å². The van der Waals surface area contributed by atoms with Crippen molar-refractivity contribution in [3.05, 3.63) is 59.1 Å². The standard InChI is InChI=1S/C21H23ClN4O2/c1-25(2)19-9-8-16(14-17(19)22)23-20(27)10-11-21(28)26-13-12-18(24-26)15-6-4-3-5-7-15/h3-9,14H,10-13H2,1-2H3,(H,23,27). The third kappa shape index (κ3) is 4.89. The van der Waals surface area contributed by atoms with Gasteiger partial charge < -0.3 is 10.2 Å². The highest BCUT2D eigenvalue weighted by molar-refractivity contribution is 6.33. The lowest BCUT2D eigenvalue weighted by Crippen LogP contribution is -2.25. The molecule has 2 aromatic rings. The van der Waals surface area contributed by atoms with Crippen molar-refractivity contribution >= 4 is 40.5 Å². The van der Waals surface area contributed by atoms with Gasteiger partial charge in [0.15, 0.2) is 0 Å². The molecule has 0 aromatic heterocycles. The maximum Gasteiger partial charge on any atom is 0.243 e. The van der Waals surface area contributed by atoms with Crippen molar-refractivity contribution in [2.45, 2.75) is 19.3 Å². The minimum absolute atomic E-state index is 0.0958. The Kier molecular flexibility index (Phi) is 6.31. The van der Waals surface area contributed by atoms with E-state index in [1.807, 2.05) is 55.4 Å². The number of hydrazone groups is 1. The number of hydrogen-bond acceptors (Lipinski definition) is 4. The average molecular weight is 399 g/mol. The van der Waals surface area contributed by atoms with Gasteiger partial charge in [-0.15, -0.1) is 0 Å². The number of benzene rings is 2. The summed E-state index contributed by atoms with van der Waals surface area (Å²) in [4.78, 5) is 26.4. The highest BCUT2D eigenvalue weighted by Gasteiger charge is 2.22. The minimum atomic E-state index is -0.228. The molecule has 0 aliphatic carbocycles. The molecule has 0 saturated carbocycles. The normalized spacial score (nSPS) is 13.2. The van der Waals surface area contributed by atoms with Crippen LogP contribution < -0.4 is 10.2 Å². The van der Waals surface area contributed by atoms with Gasteiger partial charge in [-0.25, -0.2) is 5.01 Å². The van der Waals surface area contributed by atoms with Gasteiger partial charge in [-0.2, -0.15) is 5.10 Å². The van der Waals surface area contributed by atoms with Gasteiger partial charge in [0.1, 0.15) is 0 Å². The van der Waals surface area contributed by atoms with Crippen LogP contribution in [-0.4, -0.2) is 43.2 Å². The van der Waals surface area contributed by atoms with E-state index in [9.17, 15) is 9.59 Å². The number of nitrogens with one attached hydrogen (secondary N) is 1. The summed E-state index contributed by atoms with van der Waals surface area (Å²) in [5.74, 6) is -0.379. The van der Waals surface area contributed by atoms with E-state index >= 15 is 0 Å². The fourth-order valence-corrected chi connectivity index (χ4v) is 3.34. The maximum atomic E-state index is 12.4. The number of anilines is 2. The third-order valence-electron chi connectivity index (χ3n) is 4.48. The van der Waals surface area contributed by atoms with Crippen molar-refractivity contribution in [1.82, 2.24) is 5.01 Å². The minimum Gasteiger partial charge on any atom is -0.376 e. The first kappa shape index (κ1) is 19.9. The second kappa shape index (κ2) is 8.89. The Morgan fingerprint density at radius 3 is 2.57 bits per heavy atom. The number of carbonyl (C=O) groups is 2. The summed E-state index contributed by atoms with van der Waals surface area (Å²) in [7, 11) is 3.80. The van der Waals surface area contributed by atoms with E-state index in [1.54, 1.807) is 12.1 Å². The molecule has 0 atom stereocenters. The molecule has 2 aromatic carbocycles. The number of halogens is 1. The Bertz CT molecular complexity index is 897. The van der Waals surface area contributed by atoms with E-state index in [-0.39, 0.29) is 24.7 Å². The van der Waals surface area contributed by atoms with Crippen molar-refractivity contribution in [2.75, 3.05) is 30.9 Å². The Labute approximate surface area is 169 Å². The van der Waals surface area contributed by atoms with Crippen LogP contribution in [0.4, 0.5) is 11.4 Å². The number of amides is 2. The highest BCUT2D eigenvalue weighted by atomic mass is 35.5. The van der Waals surface area contributed by atoms with Crippen LogP contribution in [0.5, 0.6) is 0 Å². The molecule has 28 heavy (non-hydrogen) atoms. The van der Waals surface area contributed by atoms with Gasteiger partial charge in [0, 0.05) is 39.0 Å². The molecule has 3 rings (SSSR count). The maximum absolute atomic E-state index is 12.4. The average Bonchev–Trinajstić information content (AvgIpc) is 3.17. The topological polar surface area (TPSA) is 65.0 Å². The lowest BCUT2D eigenvalue weighted by atomic mass is 10.1. The van der Waals surface area contributed by atoms with Crippen LogP contribution in [0.3, 0.4) is 0 Å². The second-order valence-electron chi connectivity index (χ2n) is 6.79. The van der Waals surface area contributed by atoms with Crippen LogP contribution >= 0.6 is 11.6 Å². The molecule has 1 aliphatic heterocycles. The van der Waals surface area contributed by atoms with E-state index < -0.39 is 0 Å². The number of rotatable bonds is 6. The highest BCUT2D eigenvalue weighted by Crippen LogP contribution is 2.27. The first-order valence-corrected chi connectivity index (χ1v) is 9.52. The fourth-order valence-electron chi connectivity index (χ4n) is 2.99. The summed E-state index contributed by atoms with van der Waals surface area (Å²) in [6.45, 7) is 0.548. The van der Waals surface area contributed by atoms with Gasteiger partial charge in [-0.1, -0.05) is 41.9 Å². The van der Waals surface area contributed by atoms with E-state index in [0.29, 0.717) is 17.3 Å². The summed E-state index contributed by atoms with van der Waals surface area (Å²) in [6, 6.07) is 15.1. The molecule has 0 bridgehead atoms. The van der Waals surface area contributed by atoms with Crippen molar-refractivity contribution in [1.29, 1.82) is 0 Å². The molecular weight excluding hydrogens is 376 g/mol.